The van der Waals surface area contributed by atoms with Crippen LogP contribution in [0.2, 0.25) is 0 Å². The van der Waals surface area contributed by atoms with Gasteiger partial charge in [0, 0.05) is 0 Å². The maximum Gasteiger partial charge on any atom is 0.631 e. The van der Waals surface area contributed by atoms with E-state index in [9.17, 15) is 0 Å². The van der Waals surface area contributed by atoms with Crippen molar-refractivity contribution in [2.75, 3.05) is 13.1 Å². The Labute approximate surface area is 63.6 Å². The summed E-state index contributed by atoms with van der Waals surface area (Å²) >= 11 is -1.51. The van der Waals surface area contributed by atoms with Gasteiger partial charge < -0.3 is 3.88 Å². The molecule has 8 heavy (non-hydrogen) atoms. The molecule has 0 saturated carbocycles. The lowest BCUT2D eigenvalue weighted by molar-refractivity contribution is 0.497. The largest absolute Gasteiger partial charge is 0.631 e. The maximum atomic E-state index is 5.67. The first-order valence-corrected chi connectivity index (χ1v) is 6.75. The molecule has 0 heterocycles. The van der Waals surface area contributed by atoms with E-state index in [1.807, 2.05) is 0 Å². The van der Waals surface area contributed by atoms with Crippen molar-refractivity contribution in [3.05, 3.63) is 0 Å². The van der Waals surface area contributed by atoms with Crippen molar-refractivity contribution in [3.8, 4) is 0 Å². The monoisotopic (exact) mass is 169 g/mol. The SMILES string of the molecule is CC[N](CC)[Al]([Cl])[Cl]. The van der Waals surface area contributed by atoms with Gasteiger partial charge in [0.25, 0.3) is 0 Å². The predicted octanol–water partition coefficient (Wildman–Crippen LogP) is 1.79. The molecule has 0 spiro atoms. The van der Waals surface area contributed by atoms with Crippen LogP contribution in [0, 0.1) is 0 Å². The molecule has 0 aromatic carbocycles. The zero-order chi connectivity index (χ0) is 6.57. The second kappa shape index (κ2) is 4.91. The summed E-state index contributed by atoms with van der Waals surface area (Å²) in [6.07, 6.45) is 0. The molecular formula is C4H10AlCl2N. The van der Waals surface area contributed by atoms with Gasteiger partial charge in [-0.2, -0.15) is 0 Å². The van der Waals surface area contributed by atoms with Crippen LogP contribution in [0.25, 0.3) is 0 Å². The van der Waals surface area contributed by atoms with Crippen molar-refractivity contribution in [1.82, 2.24) is 3.88 Å². The Hall–Kier alpha value is 1.07. The van der Waals surface area contributed by atoms with E-state index in [1.54, 1.807) is 0 Å². The van der Waals surface area contributed by atoms with Gasteiger partial charge in [0.15, 0.2) is 0 Å². The minimum Gasteiger partial charge on any atom is -0.359 e. The number of nitrogens with zero attached hydrogens (tertiary/aromatic N) is 1. The lowest BCUT2D eigenvalue weighted by Gasteiger charge is -2.15. The second-order valence-electron chi connectivity index (χ2n) is 1.50. The molecule has 4 heteroatoms. The molecule has 0 aliphatic rings. The summed E-state index contributed by atoms with van der Waals surface area (Å²) in [6.45, 7) is 6.07. The fraction of sp³-hybridized carbons (Fsp3) is 1.00. The van der Waals surface area contributed by atoms with Crippen LogP contribution in [-0.4, -0.2) is 29.5 Å². The Morgan fingerprint density at radius 1 is 1.25 bits per heavy atom. The zero-order valence-electron chi connectivity index (χ0n) is 5.19. The van der Waals surface area contributed by atoms with Crippen LogP contribution >= 0.6 is 20.1 Å². The van der Waals surface area contributed by atoms with Gasteiger partial charge in [0.1, 0.15) is 0 Å². The van der Waals surface area contributed by atoms with Gasteiger partial charge in [-0.1, -0.05) is 13.8 Å². The number of rotatable bonds is 3. The van der Waals surface area contributed by atoms with Crippen LogP contribution in [0.3, 0.4) is 0 Å². The van der Waals surface area contributed by atoms with Gasteiger partial charge in [0.05, 0.1) is 0 Å². The van der Waals surface area contributed by atoms with Gasteiger partial charge in [-0.15, -0.1) is 0 Å². The molecule has 0 atom stereocenters. The van der Waals surface area contributed by atoms with Crippen molar-refractivity contribution >= 4 is 32.6 Å². The van der Waals surface area contributed by atoms with Crippen LogP contribution < -0.4 is 0 Å². The quantitative estimate of drug-likeness (QED) is 0.583. The minimum absolute atomic E-state index is 0.973. The highest BCUT2D eigenvalue weighted by atomic mass is 35.7. The Kier molecular flexibility index (Phi) is 5.56. The number of hydrogen-bond acceptors (Lipinski definition) is 1. The van der Waals surface area contributed by atoms with Crippen LogP contribution in [-0.2, 0) is 0 Å². The molecular weight excluding hydrogens is 160 g/mol. The lowest BCUT2D eigenvalue weighted by atomic mass is 10.7. The maximum absolute atomic E-state index is 5.67. The molecule has 0 amide bonds. The predicted molar refractivity (Wildman–Crippen MR) is 40.4 cm³/mol. The average molecular weight is 170 g/mol. The number of hydrogen-bond donors (Lipinski definition) is 0. The van der Waals surface area contributed by atoms with Gasteiger partial charge in [-0.05, 0) is 13.1 Å². The lowest BCUT2D eigenvalue weighted by Crippen LogP contribution is -2.30. The summed E-state index contributed by atoms with van der Waals surface area (Å²) in [5, 5.41) is 0. The van der Waals surface area contributed by atoms with E-state index in [1.165, 1.54) is 0 Å². The van der Waals surface area contributed by atoms with Gasteiger partial charge >= 0.3 is 12.5 Å². The molecule has 0 N–H and O–H groups in total. The molecule has 0 aromatic heterocycles. The minimum atomic E-state index is -1.51. The zero-order valence-corrected chi connectivity index (χ0v) is 7.86. The molecule has 48 valence electrons. The first kappa shape index (κ1) is 9.07. The van der Waals surface area contributed by atoms with E-state index < -0.39 is 12.5 Å². The van der Waals surface area contributed by atoms with Crippen molar-refractivity contribution < 1.29 is 0 Å². The Morgan fingerprint density at radius 3 is 1.62 bits per heavy atom. The fourth-order valence-electron chi connectivity index (χ4n) is 0.500. The molecule has 0 fully saturated rings. The first-order valence-electron chi connectivity index (χ1n) is 2.74. The number of halogens is 2. The topological polar surface area (TPSA) is 3.24 Å². The van der Waals surface area contributed by atoms with Gasteiger partial charge in [-0.3, -0.25) is 0 Å². The molecule has 0 radical (unpaired) electrons. The van der Waals surface area contributed by atoms with Crippen LogP contribution in [0.4, 0.5) is 0 Å². The molecule has 0 aliphatic carbocycles. The molecule has 0 bridgehead atoms. The molecule has 0 aliphatic heterocycles. The van der Waals surface area contributed by atoms with Crippen LogP contribution in [0.15, 0.2) is 0 Å². The van der Waals surface area contributed by atoms with E-state index in [-0.39, 0.29) is 0 Å². The highest BCUT2D eigenvalue weighted by molar-refractivity contribution is 7.32. The second-order valence-corrected chi connectivity index (χ2v) is 5.94. The third-order valence-electron chi connectivity index (χ3n) is 1.09. The smallest absolute Gasteiger partial charge is 0.359 e. The highest BCUT2D eigenvalue weighted by Gasteiger charge is 2.18. The van der Waals surface area contributed by atoms with E-state index in [0.29, 0.717) is 0 Å². The third-order valence-corrected chi connectivity index (χ3v) is 4.03. The van der Waals surface area contributed by atoms with E-state index in [2.05, 4.69) is 17.7 Å². The average Bonchev–Trinajstić information content (AvgIpc) is 1.69. The van der Waals surface area contributed by atoms with Gasteiger partial charge in [-0.25, -0.2) is 20.1 Å². The normalized spacial score (nSPS) is 10.1. The Morgan fingerprint density at radius 2 is 1.62 bits per heavy atom. The van der Waals surface area contributed by atoms with Crippen molar-refractivity contribution in [2.45, 2.75) is 13.8 Å². The van der Waals surface area contributed by atoms with Crippen LogP contribution in [0.5, 0.6) is 0 Å². The molecule has 0 saturated heterocycles. The van der Waals surface area contributed by atoms with E-state index >= 15 is 0 Å². The Balaban J connectivity index is 3.35. The van der Waals surface area contributed by atoms with Crippen LogP contribution in [0.1, 0.15) is 13.8 Å². The van der Waals surface area contributed by atoms with E-state index in [0.717, 1.165) is 13.1 Å². The van der Waals surface area contributed by atoms with Crippen molar-refractivity contribution in [2.24, 2.45) is 0 Å². The van der Waals surface area contributed by atoms with E-state index in [4.69, 9.17) is 20.1 Å². The van der Waals surface area contributed by atoms with Crippen molar-refractivity contribution in [1.29, 1.82) is 0 Å². The fourth-order valence-corrected chi connectivity index (χ4v) is 2.71. The summed E-state index contributed by atoms with van der Waals surface area (Å²) in [4.78, 5) is 0. The summed E-state index contributed by atoms with van der Waals surface area (Å²) in [6, 6.07) is 0. The first-order chi connectivity index (χ1) is 3.72. The van der Waals surface area contributed by atoms with Gasteiger partial charge in [0.2, 0.25) is 0 Å². The molecule has 0 unspecified atom stereocenters. The standard InChI is InChI=1S/C4H10N.Al.2ClH/c1-3-5-4-2;;;/h3-4H2,1-2H3;;2*1H/q-1;+3;;/p-2. The van der Waals surface area contributed by atoms with Crippen molar-refractivity contribution in [3.63, 3.8) is 0 Å². The summed E-state index contributed by atoms with van der Waals surface area (Å²) in [7, 11) is 11.3. The Bertz CT molecular complexity index is 56.0. The molecule has 0 aromatic rings. The molecule has 0 rings (SSSR count). The summed E-state index contributed by atoms with van der Waals surface area (Å²) < 4.78 is 2.09. The summed E-state index contributed by atoms with van der Waals surface area (Å²) in [5.41, 5.74) is 0. The third kappa shape index (κ3) is 3.17. The summed E-state index contributed by atoms with van der Waals surface area (Å²) in [5.74, 6) is 0. The molecule has 1 nitrogen and oxygen atoms in total. The highest BCUT2D eigenvalue weighted by Crippen LogP contribution is 2.01.